The summed E-state index contributed by atoms with van der Waals surface area (Å²) in [5.41, 5.74) is 3.81. The highest BCUT2D eigenvalue weighted by Crippen LogP contribution is 2.43. The number of pyridine rings is 1. The Bertz CT molecular complexity index is 1340. The van der Waals surface area contributed by atoms with Crippen molar-refractivity contribution in [3.8, 4) is 11.3 Å². The Morgan fingerprint density at radius 3 is 2.36 bits per heavy atom. The number of thiocarbonyl (C=S) groups is 1. The Hall–Kier alpha value is -3.75. The average Bonchev–Trinajstić information content (AvgIpc) is 3.55. The normalized spacial score (nSPS) is 20.0. The Kier molecular flexibility index (Phi) is 6.13. The molecule has 2 fully saturated rings. The van der Waals surface area contributed by atoms with Gasteiger partial charge >= 0.3 is 0 Å². The average molecular weight is 501 g/mol. The SMILES string of the molecule is Fc1ccc(-c2ccc([C@H]3[C@@H](c4ccccn4)NC(=S)N3c3ccc(N4CCOCC4)cc3)o2)cc1. The number of hydrogen-bond donors (Lipinski definition) is 1. The van der Waals surface area contributed by atoms with Gasteiger partial charge in [0.25, 0.3) is 0 Å². The van der Waals surface area contributed by atoms with E-state index in [1.807, 2.05) is 30.3 Å². The topological polar surface area (TPSA) is 53.8 Å². The maximum absolute atomic E-state index is 13.4. The van der Waals surface area contributed by atoms with E-state index in [0.29, 0.717) is 10.9 Å². The number of nitrogens with one attached hydrogen (secondary N) is 1. The zero-order valence-corrected chi connectivity index (χ0v) is 20.3. The minimum atomic E-state index is -0.280. The van der Waals surface area contributed by atoms with E-state index < -0.39 is 0 Å². The van der Waals surface area contributed by atoms with Crippen molar-refractivity contribution in [2.45, 2.75) is 12.1 Å². The van der Waals surface area contributed by atoms with Crippen molar-refractivity contribution in [1.29, 1.82) is 0 Å². The molecule has 0 radical (unpaired) electrons. The van der Waals surface area contributed by atoms with Gasteiger partial charge in [-0.3, -0.25) is 4.98 Å². The number of nitrogens with zero attached hydrogens (tertiary/aromatic N) is 3. The van der Waals surface area contributed by atoms with Crippen molar-refractivity contribution >= 4 is 28.7 Å². The number of ether oxygens (including phenoxy) is 1. The first kappa shape index (κ1) is 22.7. The van der Waals surface area contributed by atoms with Gasteiger partial charge in [-0.2, -0.15) is 0 Å². The molecule has 0 bridgehead atoms. The van der Waals surface area contributed by atoms with Gasteiger partial charge in [-0.15, -0.1) is 0 Å². The predicted molar refractivity (Wildman–Crippen MR) is 142 cm³/mol. The van der Waals surface area contributed by atoms with Crippen molar-refractivity contribution in [2.24, 2.45) is 0 Å². The predicted octanol–water partition coefficient (Wildman–Crippen LogP) is 5.49. The van der Waals surface area contributed by atoms with E-state index in [4.69, 9.17) is 21.4 Å². The molecule has 6 nitrogen and oxygen atoms in total. The molecule has 6 rings (SSSR count). The summed E-state index contributed by atoms with van der Waals surface area (Å²) in [5.74, 6) is 1.14. The second kappa shape index (κ2) is 9.72. The number of rotatable bonds is 5. The van der Waals surface area contributed by atoms with Gasteiger partial charge in [-0.05, 0) is 85.0 Å². The lowest BCUT2D eigenvalue weighted by Crippen LogP contribution is -2.36. The first-order valence-corrected chi connectivity index (χ1v) is 12.4. The smallest absolute Gasteiger partial charge is 0.174 e. The van der Waals surface area contributed by atoms with Crippen LogP contribution in [0.25, 0.3) is 11.3 Å². The van der Waals surface area contributed by atoms with E-state index in [1.54, 1.807) is 18.3 Å². The van der Waals surface area contributed by atoms with Gasteiger partial charge in [0, 0.05) is 36.2 Å². The standard InChI is InChI=1S/C28H25FN4O2S/c29-20-6-4-19(5-7-20)24-12-13-25(35-24)27-26(23-3-1-2-14-30-23)31-28(36)33(27)22-10-8-21(9-11-22)32-15-17-34-18-16-32/h1-14,26-27H,15-18H2,(H,31,36)/t26-,27+/m1/s1. The first-order chi connectivity index (χ1) is 17.7. The Morgan fingerprint density at radius 1 is 0.889 bits per heavy atom. The van der Waals surface area contributed by atoms with Gasteiger partial charge in [-0.25, -0.2) is 4.39 Å². The van der Waals surface area contributed by atoms with Gasteiger partial charge in [0.15, 0.2) is 5.11 Å². The number of morpholine rings is 1. The molecule has 2 saturated heterocycles. The maximum Gasteiger partial charge on any atom is 0.174 e. The van der Waals surface area contributed by atoms with Crippen LogP contribution in [0.5, 0.6) is 0 Å². The number of benzene rings is 2. The zero-order valence-electron chi connectivity index (χ0n) is 19.5. The highest BCUT2D eigenvalue weighted by atomic mass is 32.1. The molecule has 1 N–H and O–H groups in total. The molecule has 2 aliphatic heterocycles. The van der Waals surface area contributed by atoms with E-state index in [1.165, 1.54) is 12.1 Å². The molecular weight excluding hydrogens is 475 g/mol. The third kappa shape index (κ3) is 4.34. The van der Waals surface area contributed by atoms with Gasteiger partial charge in [0.2, 0.25) is 0 Å². The molecular formula is C28H25FN4O2S. The summed E-state index contributed by atoms with van der Waals surface area (Å²) in [6.07, 6.45) is 1.78. The second-order valence-electron chi connectivity index (χ2n) is 8.82. The van der Waals surface area contributed by atoms with Gasteiger partial charge < -0.3 is 24.3 Å². The lowest BCUT2D eigenvalue weighted by Gasteiger charge is -2.30. The van der Waals surface area contributed by atoms with Crippen LogP contribution in [0, 0.1) is 5.82 Å². The highest BCUT2D eigenvalue weighted by molar-refractivity contribution is 7.80. The van der Waals surface area contributed by atoms with Crippen LogP contribution in [-0.2, 0) is 4.74 Å². The molecule has 8 heteroatoms. The summed E-state index contributed by atoms with van der Waals surface area (Å²) in [7, 11) is 0. The van der Waals surface area contributed by atoms with E-state index >= 15 is 0 Å². The maximum atomic E-state index is 13.4. The van der Waals surface area contributed by atoms with Crippen LogP contribution in [0.4, 0.5) is 15.8 Å². The lowest BCUT2D eigenvalue weighted by atomic mass is 10.0. The zero-order chi connectivity index (χ0) is 24.5. The summed E-state index contributed by atoms with van der Waals surface area (Å²) >= 11 is 5.83. The Balaban J connectivity index is 1.37. The van der Waals surface area contributed by atoms with Crippen LogP contribution >= 0.6 is 12.2 Å². The fourth-order valence-corrected chi connectivity index (χ4v) is 5.19. The Morgan fingerprint density at radius 2 is 1.64 bits per heavy atom. The summed E-state index contributed by atoms with van der Waals surface area (Å²) < 4.78 is 25.3. The fourth-order valence-electron chi connectivity index (χ4n) is 4.85. The Labute approximate surface area is 214 Å². The minimum Gasteiger partial charge on any atom is -0.459 e. The molecule has 36 heavy (non-hydrogen) atoms. The number of furan rings is 1. The summed E-state index contributed by atoms with van der Waals surface area (Å²) in [4.78, 5) is 9.01. The number of halogens is 1. The molecule has 2 aromatic heterocycles. The van der Waals surface area contributed by atoms with Crippen molar-refractivity contribution in [2.75, 3.05) is 36.1 Å². The van der Waals surface area contributed by atoms with Crippen LogP contribution in [0.15, 0.2) is 89.5 Å². The molecule has 2 aliphatic rings. The van der Waals surface area contributed by atoms with Gasteiger partial charge in [-0.1, -0.05) is 6.07 Å². The van der Waals surface area contributed by atoms with Crippen LogP contribution in [-0.4, -0.2) is 36.4 Å². The fraction of sp³-hybridized carbons (Fsp3) is 0.214. The monoisotopic (exact) mass is 500 g/mol. The first-order valence-electron chi connectivity index (χ1n) is 12.0. The third-order valence-electron chi connectivity index (χ3n) is 6.65. The van der Waals surface area contributed by atoms with Crippen LogP contribution in [0.1, 0.15) is 23.5 Å². The second-order valence-corrected chi connectivity index (χ2v) is 9.21. The molecule has 0 saturated carbocycles. The van der Waals surface area contributed by atoms with Crippen LogP contribution in [0.3, 0.4) is 0 Å². The van der Waals surface area contributed by atoms with Crippen molar-refractivity contribution < 1.29 is 13.5 Å². The largest absolute Gasteiger partial charge is 0.459 e. The molecule has 182 valence electrons. The number of hydrogen-bond acceptors (Lipinski definition) is 5. The quantitative estimate of drug-likeness (QED) is 0.364. The van der Waals surface area contributed by atoms with E-state index in [2.05, 4.69) is 44.4 Å². The molecule has 4 aromatic rings. The minimum absolute atomic E-state index is 0.204. The van der Waals surface area contributed by atoms with Crippen LogP contribution in [0.2, 0.25) is 0 Å². The molecule has 2 atom stereocenters. The van der Waals surface area contributed by atoms with E-state index in [-0.39, 0.29) is 17.9 Å². The molecule has 0 amide bonds. The lowest BCUT2D eigenvalue weighted by molar-refractivity contribution is 0.122. The molecule has 0 spiro atoms. The summed E-state index contributed by atoms with van der Waals surface area (Å²) in [5, 5.41) is 4.07. The van der Waals surface area contributed by atoms with Crippen LogP contribution < -0.4 is 15.1 Å². The number of anilines is 2. The van der Waals surface area contributed by atoms with Gasteiger partial charge in [0.1, 0.15) is 23.4 Å². The molecule has 2 aromatic carbocycles. The van der Waals surface area contributed by atoms with E-state index in [9.17, 15) is 4.39 Å². The molecule has 0 unspecified atom stereocenters. The van der Waals surface area contributed by atoms with Gasteiger partial charge in [0.05, 0.1) is 24.9 Å². The highest BCUT2D eigenvalue weighted by Gasteiger charge is 2.42. The summed E-state index contributed by atoms with van der Waals surface area (Å²) in [6.45, 7) is 3.24. The third-order valence-corrected chi connectivity index (χ3v) is 6.96. The van der Waals surface area contributed by atoms with Crippen molar-refractivity contribution in [3.05, 3.63) is 102 Å². The van der Waals surface area contributed by atoms with Crippen molar-refractivity contribution in [1.82, 2.24) is 10.3 Å². The molecule has 0 aliphatic carbocycles. The van der Waals surface area contributed by atoms with Crippen molar-refractivity contribution in [3.63, 3.8) is 0 Å². The number of aromatic nitrogens is 1. The van der Waals surface area contributed by atoms with E-state index in [0.717, 1.165) is 54.7 Å². The summed E-state index contributed by atoms with van der Waals surface area (Å²) in [6, 6.07) is 24.0. The molecule has 4 heterocycles.